The summed E-state index contributed by atoms with van der Waals surface area (Å²) in [6, 6.07) is 5.33. The Labute approximate surface area is 119 Å². The Hall–Kier alpha value is -1.72. The molecule has 0 fully saturated rings. The van der Waals surface area contributed by atoms with E-state index in [0.717, 1.165) is 11.1 Å². The zero-order valence-electron chi connectivity index (χ0n) is 10.0. The molecule has 0 N–H and O–H groups in total. The van der Waals surface area contributed by atoms with Gasteiger partial charge in [-0.2, -0.15) is 4.80 Å². The van der Waals surface area contributed by atoms with Crippen molar-refractivity contribution < 1.29 is 4.79 Å². The Bertz CT molecular complexity index is 636. The second-order valence-electron chi connectivity index (χ2n) is 3.85. The molecular weight excluding hydrogens is 287 g/mol. The summed E-state index contributed by atoms with van der Waals surface area (Å²) in [4.78, 5) is 12.2. The summed E-state index contributed by atoms with van der Waals surface area (Å²) < 4.78 is 0. The van der Waals surface area contributed by atoms with Gasteiger partial charge in [0.2, 0.25) is 5.24 Å². The van der Waals surface area contributed by atoms with Crippen LogP contribution in [0.5, 0.6) is 0 Å². The lowest BCUT2D eigenvalue weighted by atomic mass is 10.1. The normalized spacial score (nSPS) is 11.1. The molecule has 1 aromatic carbocycles. The molecule has 0 aliphatic rings. The molecule has 0 amide bonds. The van der Waals surface area contributed by atoms with E-state index in [2.05, 4.69) is 15.4 Å². The van der Waals surface area contributed by atoms with Crippen molar-refractivity contribution in [3.05, 3.63) is 46.2 Å². The fourth-order valence-corrected chi connectivity index (χ4v) is 1.83. The highest BCUT2D eigenvalue weighted by Gasteiger charge is 2.05. The molecule has 0 atom stereocenters. The predicted octanol–water partition coefficient (Wildman–Crippen LogP) is 2.46. The quantitative estimate of drug-likeness (QED) is 0.642. The van der Waals surface area contributed by atoms with Crippen LogP contribution in [0, 0.1) is 6.92 Å². The molecule has 1 heterocycles. The van der Waals surface area contributed by atoms with E-state index in [1.165, 1.54) is 10.9 Å². The van der Waals surface area contributed by atoms with Crippen molar-refractivity contribution in [3.63, 3.8) is 0 Å². The first-order valence-corrected chi connectivity index (χ1v) is 6.20. The second kappa shape index (κ2) is 5.95. The van der Waals surface area contributed by atoms with Crippen LogP contribution in [0.1, 0.15) is 17.0 Å². The molecule has 0 saturated carbocycles. The van der Waals surface area contributed by atoms with Crippen LogP contribution in [-0.2, 0) is 11.3 Å². The third-order valence-corrected chi connectivity index (χ3v) is 2.72. The van der Waals surface area contributed by atoms with Gasteiger partial charge in [0.1, 0.15) is 0 Å². The molecule has 0 unspecified atom stereocenters. The van der Waals surface area contributed by atoms with Crippen LogP contribution in [0.4, 0.5) is 0 Å². The first-order valence-electron chi connectivity index (χ1n) is 5.45. The Balaban J connectivity index is 2.31. The smallest absolute Gasteiger partial charge is 0.245 e. The number of hydrogen-bond acceptors (Lipinski definition) is 4. The Morgan fingerprint density at radius 1 is 1.47 bits per heavy atom. The Kier molecular flexibility index (Phi) is 4.29. The molecule has 0 bridgehead atoms. The highest BCUT2D eigenvalue weighted by atomic mass is 35.5. The zero-order valence-corrected chi connectivity index (χ0v) is 11.6. The number of benzene rings is 1. The van der Waals surface area contributed by atoms with Gasteiger partial charge in [-0.15, -0.1) is 10.2 Å². The van der Waals surface area contributed by atoms with Crippen LogP contribution < -0.4 is 0 Å². The minimum atomic E-state index is -0.532. The molecule has 98 valence electrons. The standard InChI is InChI=1S/C12H10Cl2N4O/c1-8-15-17-18(16-8)7-10-6-11(13)4-2-9(10)3-5-12(14)19/h2-6H,7H2,1H3/b5-3+. The predicted molar refractivity (Wildman–Crippen MR) is 73.0 cm³/mol. The van der Waals surface area contributed by atoms with Crippen molar-refractivity contribution >= 4 is 34.5 Å². The molecule has 0 radical (unpaired) electrons. The number of rotatable bonds is 4. The fraction of sp³-hybridized carbons (Fsp3) is 0.167. The second-order valence-corrected chi connectivity index (χ2v) is 4.66. The van der Waals surface area contributed by atoms with Crippen LogP contribution in [0.2, 0.25) is 5.02 Å². The third-order valence-electron chi connectivity index (χ3n) is 2.36. The molecule has 2 rings (SSSR count). The molecular formula is C12H10Cl2N4O. The first-order chi connectivity index (χ1) is 9.04. The van der Waals surface area contributed by atoms with Gasteiger partial charge in [0, 0.05) is 5.02 Å². The molecule has 1 aromatic heterocycles. The molecule has 0 saturated heterocycles. The number of halogens is 2. The van der Waals surface area contributed by atoms with E-state index >= 15 is 0 Å². The van der Waals surface area contributed by atoms with Gasteiger partial charge in [-0.3, -0.25) is 4.79 Å². The number of nitrogens with zero attached hydrogens (tertiary/aromatic N) is 4. The van der Waals surface area contributed by atoms with Crippen molar-refractivity contribution in [2.45, 2.75) is 13.5 Å². The summed E-state index contributed by atoms with van der Waals surface area (Å²) in [5, 5.41) is 11.9. The van der Waals surface area contributed by atoms with Gasteiger partial charge in [0.25, 0.3) is 0 Å². The summed E-state index contributed by atoms with van der Waals surface area (Å²) in [5.41, 5.74) is 1.70. The number of carbonyl (C=O) groups is 1. The van der Waals surface area contributed by atoms with Crippen LogP contribution >= 0.6 is 23.2 Å². The van der Waals surface area contributed by atoms with Crippen molar-refractivity contribution in [1.29, 1.82) is 0 Å². The van der Waals surface area contributed by atoms with Gasteiger partial charge in [-0.05, 0) is 59.1 Å². The van der Waals surface area contributed by atoms with E-state index in [-0.39, 0.29) is 0 Å². The van der Waals surface area contributed by atoms with E-state index in [9.17, 15) is 4.79 Å². The van der Waals surface area contributed by atoms with Crippen molar-refractivity contribution in [1.82, 2.24) is 20.2 Å². The molecule has 0 aliphatic carbocycles. The maximum Gasteiger partial charge on any atom is 0.245 e. The molecule has 5 nitrogen and oxygen atoms in total. The monoisotopic (exact) mass is 296 g/mol. The highest BCUT2D eigenvalue weighted by molar-refractivity contribution is 6.66. The summed E-state index contributed by atoms with van der Waals surface area (Å²) in [7, 11) is 0. The van der Waals surface area contributed by atoms with Crippen molar-refractivity contribution in [3.8, 4) is 0 Å². The molecule has 0 aliphatic heterocycles. The number of carbonyl (C=O) groups excluding carboxylic acids is 1. The number of tetrazole rings is 1. The van der Waals surface area contributed by atoms with E-state index in [1.807, 2.05) is 0 Å². The van der Waals surface area contributed by atoms with Gasteiger partial charge < -0.3 is 0 Å². The van der Waals surface area contributed by atoms with E-state index in [1.54, 1.807) is 31.2 Å². The van der Waals surface area contributed by atoms with Crippen molar-refractivity contribution in [2.75, 3.05) is 0 Å². The Morgan fingerprint density at radius 2 is 2.26 bits per heavy atom. The lowest BCUT2D eigenvalue weighted by Crippen LogP contribution is -2.05. The fourth-order valence-electron chi connectivity index (χ4n) is 1.57. The maximum absolute atomic E-state index is 10.8. The zero-order chi connectivity index (χ0) is 13.8. The molecule has 0 spiro atoms. The number of allylic oxidation sites excluding steroid dienone is 1. The van der Waals surface area contributed by atoms with E-state index < -0.39 is 5.24 Å². The van der Waals surface area contributed by atoms with Crippen LogP contribution in [-0.4, -0.2) is 25.4 Å². The molecule has 7 heteroatoms. The van der Waals surface area contributed by atoms with Gasteiger partial charge in [-0.1, -0.05) is 17.7 Å². The number of aromatic nitrogens is 4. The van der Waals surface area contributed by atoms with Gasteiger partial charge >= 0.3 is 0 Å². The Morgan fingerprint density at radius 3 is 2.89 bits per heavy atom. The highest BCUT2D eigenvalue weighted by Crippen LogP contribution is 2.18. The van der Waals surface area contributed by atoms with Crippen LogP contribution in [0.3, 0.4) is 0 Å². The SMILES string of the molecule is Cc1nnn(Cc2cc(Cl)ccc2/C=C/C(=O)Cl)n1. The first kappa shape index (κ1) is 13.7. The van der Waals surface area contributed by atoms with Crippen LogP contribution in [0.25, 0.3) is 6.08 Å². The lowest BCUT2D eigenvalue weighted by Gasteiger charge is -2.05. The molecule has 19 heavy (non-hydrogen) atoms. The third kappa shape index (κ3) is 3.87. The number of hydrogen-bond donors (Lipinski definition) is 0. The topological polar surface area (TPSA) is 60.7 Å². The maximum atomic E-state index is 10.8. The number of aryl methyl sites for hydroxylation is 1. The minimum absolute atomic E-state index is 0.414. The van der Waals surface area contributed by atoms with E-state index in [0.29, 0.717) is 17.4 Å². The minimum Gasteiger partial charge on any atom is -0.276 e. The average molecular weight is 297 g/mol. The van der Waals surface area contributed by atoms with Crippen molar-refractivity contribution in [2.24, 2.45) is 0 Å². The summed E-state index contributed by atoms with van der Waals surface area (Å²) in [5.74, 6) is 0.593. The van der Waals surface area contributed by atoms with Gasteiger partial charge in [0.15, 0.2) is 5.82 Å². The van der Waals surface area contributed by atoms with E-state index in [4.69, 9.17) is 23.2 Å². The average Bonchev–Trinajstić information content (AvgIpc) is 2.73. The van der Waals surface area contributed by atoms with Gasteiger partial charge in [0.05, 0.1) is 6.54 Å². The molecule has 2 aromatic rings. The van der Waals surface area contributed by atoms with Crippen LogP contribution in [0.15, 0.2) is 24.3 Å². The summed E-state index contributed by atoms with van der Waals surface area (Å²) in [6.45, 7) is 2.17. The lowest BCUT2D eigenvalue weighted by molar-refractivity contribution is -0.107. The summed E-state index contributed by atoms with van der Waals surface area (Å²) >= 11 is 11.3. The largest absolute Gasteiger partial charge is 0.276 e. The van der Waals surface area contributed by atoms with Gasteiger partial charge in [-0.25, -0.2) is 0 Å². The summed E-state index contributed by atoms with van der Waals surface area (Å²) in [6.07, 6.45) is 2.92.